The second-order valence-corrected chi connectivity index (χ2v) is 6.25. The normalized spacial score (nSPS) is 12.5. The minimum Gasteiger partial charge on any atom is -0.486 e. The summed E-state index contributed by atoms with van der Waals surface area (Å²) in [6.07, 6.45) is 0. The van der Waals surface area contributed by atoms with Crippen LogP contribution in [0.15, 0.2) is 53.3 Å². The fourth-order valence-corrected chi connectivity index (χ4v) is 2.83. The Balaban J connectivity index is 1.54. The first-order valence-electron chi connectivity index (χ1n) is 8.73. The zero-order chi connectivity index (χ0) is 20.4. The highest BCUT2D eigenvalue weighted by molar-refractivity contribution is 5.90. The molecule has 0 fully saturated rings. The number of benzene rings is 2. The number of nitrogens with one attached hydrogen (secondary N) is 1. The average molecular weight is 399 g/mol. The highest BCUT2D eigenvalue weighted by Crippen LogP contribution is 2.33. The summed E-state index contributed by atoms with van der Waals surface area (Å²) in [6.45, 7) is 0.520. The molecule has 0 bridgehead atoms. The number of nitrogens with zero attached hydrogens (tertiary/aromatic N) is 2. The van der Waals surface area contributed by atoms with Gasteiger partial charge in [0.15, 0.2) is 23.1 Å². The minimum atomic E-state index is -1.08. The number of carbonyl (C=O) groups is 1. The molecule has 3 aromatic rings. The number of hydrogen-bond acceptors (Lipinski definition) is 5. The number of amides is 1. The van der Waals surface area contributed by atoms with Crippen LogP contribution < -0.4 is 20.3 Å². The van der Waals surface area contributed by atoms with Crippen LogP contribution in [-0.4, -0.2) is 28.9 Å². The second-order valence-electron chi connectivity index (χ2n) is 6.25. The number of hydrogen-bond donors (Lipinski definition) is 1. The Labute approximate surface area is 163 Å². The third-order valence-electron chi connectivity index (χ3n) is 4.20. The summed E-state index contributed by atoms with van der Waals surface area (Å²) in [6, 6.07) is 11.1. The van der Waals surface area contributed by atoms with E-state index in [4.69, 9.17) is 9.47 Å². The number of anilines is 1. The van der Waals surface area contributed by atoms with Crippen molar-refractivity contribution in [1.82, 2.24) is 9.78 Å². The van der Waals surface area contributed by atoms with Crippen LogP contribution in [0.2, 0.25) is 0 Å². The number of carbonyl (C=O) groups excluding carboxylic acids is 1. The predicted molar refractivity (Wildman–Crippen MR) is 99.9 cm³/mol. The lowest BCUT2D eigenvalue weighted by Crippen LogP contribution is -2.29. The van der Waals surface area contributed by atoms with Crippen LogP contribution in [0.3, 0.4) is 0 Å². The van der Waals surface area contributed by atoms with Crippen molar-refractivity contribution in [1.29, 1.82) is 0 Å². The summed E-state index contributed by atoms with van der Waals surface area (Å²) in [7, 11) is 0. The summed E-state index contributed by atoms with van der Waals surface area (Å²) in [5, 5.41) is 6.62. The lowest BCUT2D eigenvalue weighted by Gasteiger charge is -2.18. The zero-order valence-corrected chi connectivity index (χ0v) is 15.0. The first kappa shape index (κ1) is 18.6. The van der Waals surface area contributed by atoms with Crippen LogP contribution in [0.4, 0.5) is 14.5 Å². The Bertz CT molecular complexity index is 1150. The molecule has 2 aromatic carbocycles. The Morgan fingerprint density at radius 3 is 2.59 bits per heavy atom. The maximum absolute atomic E-state index is 13.3. The van der Waals surface area contributed by atoms with E-state index in [9.17, 15) is 18.4 Å². The number of aromatic nitrogens is 2. The van der Waals surface area contributed by atoms with E-state index in [1.54, 1.807) is 18.2 Å². The molecule has 0 saturated heterocycles. The monoisotopic (exact) mass is 399 g/mol. The van der Waals surface area contributed by atoms with Gasteiger partial charge in [-0.15, -0.1) is 0 Å². The molecule has 1 aliphatic rings. The van der Waals surface area contributed by atoms with E-state index < -0.39 is 29.6 Å². The van der Waals surface area contributed by atoms with E-state index in [0.717, 1.165) is 16.8 Å². The molecule has 0 atom stereocenters. The van der Waals surface area contributed by atoms with E-state index in [-0.39, 0.29) is 5.69 Å². The molecule has 0 aliphatic carbocycles. The van der Waals surface area contributed by atoms with Gasteiger partial charge in [-0.1, -0.05) is 0 Å². The van der Waals surface area contributed by atoms with Crippen molar-refractivity contribution in [3.05, 3.63) is 70.5 Å². The quantitative estimate of drug-likeness (QED) is 0.729. The Morgan fingerprint density at radius 2 is 1.79 bits per heavy atom. The SMILES string of the molecule is O=C(Cn1nc(-c2ccc3c(c2)OCCO3)ccc1=O)Nc1ccc(F)c(F)c1. The molecule has 1 aliphatic heterocycles. The Morgan fingerprint density at radius 1 is 1.00 bits per heavy atom. The van der Waals surface area contributed by atoms with Gasteiger partial charge in [0, 0.05) is 23.4 Å². The van der Waals surface area contributed by atoms with Crippen LogP contribution in [0.1, 0.15) is 0 Å². The van der Waals surface area contributed by atoms with Gasteiger partial charge in [0.25, 0.3) is 5.56 Å². The van der Waals surface area contributed by atoms with Gasteiger partial charge in [-0.25, -0.2) is 13.5 Å². The molecule has 7 nitrogen and oxygen atoms in total. The van der Waals surface area contributed by atoms with Gasteiger partial charge in [-0.2, -0.15) is 5.10 Å². The van der Waals surface area contributed by atoms with Crippen LogP contribution in [0.5, 0.6) is 11.5 Å². The van der Waals surface area contributed by atoms with Crippen LogP contribution in [0, 0.1) is 11.6 Å². The van der Waals surface area contributed by atoms with E-state index in [2.05, 4.69) is 10.4 Å². The molecule has 29 heavy (non-hydrogen) atoms. The van der Waals surface area contributed by atoms with Crippen LogP contribution >= 0.6 is 0 Å². The molecule has 1 aromatic heterocycles. The van der Waals surface area contributed by atoms with Crippen molar-refractivity contribution in [2.75, 3.05) is 18.5 Å². The van der Waals surface area contributed by atoms with Gasteiger partial charge in [0.05, 0.1) is 5.69 Å². The van der Waals surface area contributed by atoms with Crippen molar-refractivity contribution < 1.29 is 23.0 Å². The molecule has 0 radical (unpaired) electrons. The lowest BCUT2D eigenvalue weighted by atomic mass is 10.1. The van der Waals surface area contributed by atoms with Gasteiger partial charge in [-0.05, 0) is 36.4 Å². The molecule has 9 heteroatoms. The maximum atomic E-state index is 13.3. The van der Waals surface area contributed by atoms with Gasteiger partial charge >= 0.3 is 0 Å². The highest BCUT2D eigenvalue weighted by atomic mass is 19.2. The zero-order valence-electron chi connectivity index (χ0n) is 15.0. The Hall–Kier alpha value is -3.75. The van der Waals surface area contributed by atoms with Crippen LogP contribution in [-0.2, 0) is 11.3 Å². The van der Waals surface area contributed by atoms with E-state index in [1.165, 1.54) is 18.2 Å². The van der Waals surface area contributed by atoms with Crippen LogP contribution in [0.25, 0.3) is 11.3 Å². The van der Waals surface area contributed by atoms with Crippen molar-refractivity contribution in [3.63, 3.8) is 0 Å². The van der Waals surface area contributed by atoms with E-state index in [0.29, 0.717) is 36.0 Å². The summed E-state index contributed by atoms with van der Waals surface area (Å²) >= 11 is 0. The molecular formula is C20H15F2N3O4. The number of rotatable bonds is 4. The fraction of sp³-hybridized carbons (Fsp3) is 0.150. The molecule has 1 N–H and O–H groups in total. The second kappa shape index (κ2) is 7.70. The number of ether oxygens (including phenoxy) is 2. The molecule has 0 saturated carbocycles. The molecule has 1 amide bonds. The fourth-order valence-electron chi connectivity index (χ4n) is 2.83. The first-order valence-corrected chi connectivity index (χ1v) is 8.73. The van der Waals surface area contributed by atoms with Gasteiger partial charge in [0.1, 0.15) is 19.8 Å². The number of fused-ring (bicyclic) bond motifs is 1. The minimum absolute atomic E-state index is 0.0740. The lowest BCUT2D eigenvalue weighted by molar-refractivity contribution is -0.117. The standard InChI is InChI=1S/C20H15F2N3O4/c21-14-3-2-13(10-15(14)22)23-19(26)11-25-20(27)6-4-16(24-25)12-1-5-17-18(9-12)29-8-7-28-17/h1-6,9-10H,7-8,11H2,(H,23,26). The largest absolute Gasteiger partial charge is 0.486 e. The molecule has 0 spiro atoms. The van der Waals surface area contributed by atoms with Crippen molar-refractivity contribution in [3.8, 4) is 22.8 Å². The summed E-state index contributed by atoms with van der Waals surface area (Å²) in [5.41, 5.74) is 0.739. The average Bonchev–Trinajstić information content (AvgIpc) is 2.72. The molecule has 148 valence electrons. The van der Waals surface area contributed by atoms with Gasteiger partial charge in [-0.3, -0.25) is 9.59 Å². The van der Waals surface area contributed by atoms with E-state index in [1.807, 2.05) is 0 Å². The van der Waals surface area contributed by atoms with Crippen molar-refractivity contribution in [2.24, 2.45) is 0 Å². The summed E-state index contributed by atoms with van der Waals surface area (Å²) in [5.74, 6) is -1.51. The molecular weight excluding hydrogens is 384 g/mol. The highest BCUT2D eigenvalue weighted by Gasteiger charge is 2.14. The number of halogens is 2. The topological polar surface area (TPSA) is 82.5 Å². The third-order valence-corrected chi connectivity index (χ3v) is 4.20. The summed E-state index contributed by atoms with van der Waals surface area (Å²) < 4.78 is 38.3. The summed E-state index contributed by atoms with van der Waals surface area (Å²) in [4.78, 5) is 24.3. The molecule has 2 heterocycles. The molecule has 4 rings (SSSR count). The maximum Gasteiger partial charge on any atom is 0.267 e. The van der Waals surface area contributed by atoms with Gasteiger partial charge < -0.3 is 14.8 Å². The van der Waals surface area contributed by atoms with Crippen molar-refractivity contribution in [2.45, 2.75) is 6.54 Å². The predicted octanol–water partition coefficient (Wildman–Crippen LogP) is 2.60. The molecule has 0 unspecified atom stereocenters. The van der Waals surface area contributed by atoms with Gasteiger partial charge in [0.2, 0.25) is 5.91 Å². The smallest absolute Gasteiger partial charge is 0.267 e. The third kappa shape index (κ3) is 4.08. The van der Waals surface area contributed by atoms with E-state index >= 15 is 0 Å². The van der Waals surface area contributed by atoms with Crippen molar-refractivity contribution >= 4 is 11.6 Å². The first-order chi connectivity index (χ1) is 14.0. The Kier molecular flexibility index (Phi) is 4.94.